The van der Waals surface area contributed by atoms with E-state index in [2.05, 4.69) is 10.2 Å². The molecule has 1 N–H and O–H groups in total. The number of hydrogen-bond acceptors (Lipinski definition) is 6. The Morgan fingerprint density at radius 1 is 0.894 bits per heavy atom. The molecule has 0 saturated carbocycles. The van der Waals surface area contributed by atoms with E-state index < -0.39 is 23.2 Å². The van der Waals surface area contributed by atoms with Crippen LogP contribution in [0.15, 0.2) is 95.9 Å². The molecule has 8 nitrogen and oxygen atoms in total. The van der Waals surface area contributed by atoms with Crippen LogP contribution in [0.5, 0.6) is 5.75 Å². The molecule has 5 rings (SSSR count). The van der Waals surface area contributed by atoms with Gasteiger partial charge >= 0.3 is 6.16 Å². The Morgan fingerprint density at radius 2 is 1.60 bits per heavy atom. The molecule has 0 atom stereocenters. The van der Waals surface area contributed by atoms with Crippen molar-refractivity contribution in [2.75, 3.05) is 19.0 Å². The Kier molecular flexibility index (Phi) is 10.4. The van der Waals surface area contributed by atoms with Crippen LogP contribution >= 0.6 is 0 Å². The number of nitrogens with one attached hydrogen (secondary N) is 1. The number of rotatable bonds is 11. The summed E-state index contributed by atoms with van der Waals surface area (Å²) in [5.41, 5.74) is 3.68. The first kappa shape index (κ1) is 33.0. The number of amides is 1. The summed E-state index contributed by atoms with van der Waals surface area (Å²) in [4.78, 5) is 40.1. The Morgan fingerprint density at radius 3 is 2.26 bits per heavy atom. The average Bonchev–Trinajstić information content (AvgIpc) is 3.05. The van der Waals surface area contributed by atoms with Gasteiger partial charge < -0.3 is 19.4 Å². The van der Waals surface area contributed by atoms with Gasteiger partial charge in [-0.1, -0.05) is 55.5 Å². The maximum Gasteiger partial charge on any atom is 0.514 e. The zero-order valence-electron chi connectivity index (χ0n) is 26.4. The van der Waals surface area contributed by atoms with E-state index in [1.807, 2.05) is 49.5 Å². The number of aromatic nitrogens is 1. The van der Waals surface area contributed by atoms with Gasteiger partial charge in [0.05, 0.1) is 24.9 Å². The normalized spacial score (nSPS) is 11.1. The van der Waals surface area contributed by atoms with Gasteiger partial charge in [0.25, 0.3) is 0 Å². The topological polar surface area (TPSA) is 89.9 Å². The van der Waals surface area contributed by atoms with E-state index >= 15 is 0 Å². The van der Waals surface area contributed by atoms with Crippen molar-refractivity contribution in [3.63, 3.8) is 0 Å². The van der Waals surface area contributed by atoms with E-state index in [0.29, 0.717) is 30.7 Å². The van der Waals surface area contributed by atoms with Gasteiger partial charge in [0.1, 0.15) is 11.6 Å². The molecule has 1 heterocycles. The molecule has 0 aliphatic heterocycles. The monoisotopic (exact) mass is 639 g/mol. The van der Waals surface area contributed by atoms with Crippen LogP contribution in [0.2, 0.25) is 0 Å². The minimum atomic E-state index is -1.07. The standard InChI is InChI=1S/C37H35F2N3O5/c1-4-35(43)40-27-16-14-25(15-17-27)28-19-33-29(18-26(28)21-41(3)20-24-10-7-6-8-11-24)36(44)34(47-37(45)46-5-2)23-42(33)22-30-31(38)12-9-13-32(30)39/h6-19,23H,4-5,20-22H2,1-3H3,(H,40,43). The Hall–Kier alpha value is -5.35. The van der Waals surface area contributed by atoms with Gasteiger partial charge in [-0.25, -0.2) is 13.6 Å². The fraction of sp³-hybridized carbons (Fsp3) is 0.216. The van der Waals surface area contributed by atoms with Crippen LogP contribution in [0.25, 0.3) is 22.0 Å². The zero-order valence-corrected chi connectivity index (χ0v) is 26.4. The van der Waals surface area contributed by atoms with Crippen LogP contribution < -0.4 is 15.5 Å². The summed E-state index contributed by atoms with van der Waals surface area (Å²) >= 11 is 0. The second-order valence-electron chi connectivity index (χ2n) is 11.1. The number of ether oxygens (including phenoxy) is 2. The molecule has 0 radical (unpaired) electrons. The minimum absolute atomic E-state index is 0.0310. The van der Waals surface area contributed by atoms with Gasteiger partial charge in [-0.15, -0.1) is 0 Å². The van der Waals surface area contributed by atoms with E-state index in [1.165, 1.54) is 16.8 Å². The quantitative estimate of drug-likeness (QED) is 0.151. The summed E-state index contributed by atoms with van der Waals surface area (Å²) in [5.74, 6) is -1.96. The third kappa shape index (κ3) is 7.90. The second-order valence-corrected chi connectivity index (χ2v) is 11.1. The molecule has 5 aromatic rings. The molecule has 0 unspecified atom stereocenters. The van der Waals surface area contributed by atoms with Crippen LogP contribution in [0.4, 0.5) is 19.3 Å². The molecule has 47 heavy (non-hydrogen) atoms. The molecule has 0 aliphatic rings. The maximum atomic E-state index is 14.9. The molecule has 0 spiro atoms. The van der Waals surface area contributed by atoms with Crippen LogP contribution in [0, 0.1) is 11.6 Å². The highest BCUT2D eigenvalue weighted by atomic mass is 19.1. The van der Waals surface area contributed by atoms with Crippen molar-refractivity contribution >= 4 is 28.7 Å². The Bertz CT molecular complexity index is 1940. The molecule has 0 saturated heterocycles. The van der Waals surface area contributed by atoms with Crippen LogP contribution in [-0.4, -0.2) is 35.2 Å². The number of benzene rings is 4. The number of halogens is 2. The summed E-state index contributed by atoms with van der Waals surface area (Å²) in [6.45, 7) is 4.17. The van der Waals surface area contributed by atoms with E-state index in [9.17, 15) is 23.2 Å². The number of carbonyl (C=O) groups excluding carboxylic acids is 2. The molecule has 0 fully saturated rings. The molecule has 0 aliphatic carbocycles. The molecule has 1 aromatic heterocycles. The minimum Gasteiger partial charge on any atom is -0.434 e. The third-order valence-electron chi connectivity index (χ3n) is 7.65. The molecular weight excluding hydrogens is 604 g/mol. The number of nitrogens with zero attached hydrogens (tertiary/aromatic N) is 2. The lowest BCUT2D eigenvalue weighted by molar-refractivity contribution is -0.115. The first-order valence-corrected chi connectivity index (χ1v) is 15.3. The maximum absolute atomic E-state index is 14.9. The SMILES string of the molecule is CCOC(=O)Oc1cn(Cc2c(F)cccc2F)c2cc(-c3ccc(NC(=O)CC)cc3)c(CN(C)Cc3ccccc3)cc2c1=O. The highest BCUT2D eigenvalue weighted by Gasteiger charge is 2.20. The summed E-state index contributed by atoms with van der Waals surface area (Å²) < 4.78 is 41.4. The largest absolute Gasteiger partial charge is 0.514 e. The smallest absolute Gasteiger partial charge is 0.434 e. The van der Waals surface area contributed by atoms with Gasteiger partial charge in [0.2, 0.25) is 11.3 Å². The fourth-order valence-electron chi connectivity index (χ4n) is 5.37. The van der Waals surface area contributed by atoms with E-state index in [-0.39, 0.29) is 35.8 Å². The molecule has 0 bridgehead atoms. The highest BCUT2D eigenvalue weighted by molar-refractivity contribution is 5.91. The molecular formula is C37H35F2N3O5. The summed E-state index contributed by atoms with van der Waals surface area (Å²) in [5, 5.41) is 3.04. The van der Waals surface area contributed by atoms with Crippen molar-refractivity contribution in [2.45, 2.75) is 39.9 Å². The third-order valence-corrected chi connectivity index (χ3v) is 7.65. The van der Waals surface area contributed by atoms with Gasteiger partial charge in [0.15, 0.2) is 5.75 Å². The predicted octanol–water partition coefficient (Wildman–Crippen LogP) is 7.51. The predicted molar refractivity (Wildman–Crippen MR) is 177 cm³/mol. The Balaban J connectivity index is 1.69. The summed E-state index contributed by atoms with van der Waals surface area (Å²) in [7, 11) is 1.96. The van der Waals surface area contributed by atoms with Gasteiger partial charge in [-0.3, -0.25) is 14.5 Å². The molecule has 242 valence electrons. The van der Waals surface area contributed by atoms with Crippen molar-refractivity contribution in [1.82, 2.24) is 9.47 Å². The molecule has 4 aromatic carbocycles. The fourth-order valence-corrected chi connectivity index (χ4v) is 5.37. The molecule has 10 heteroatoms. The molecule has 1 amide bonds. The van der Waals surface area contributed by atoms with E-state index in [1.54, 1.807) is 38.1 Å². The van der Waals surface area contributed by atoms with E-state index in [4.69, 9.17) is 9.47 Å². The van der Waals surface area contributed by atoms with Crippen molar-refractivity contribution in [3.8, 4) is 16.9 Å². The van der Waals surface area contributed by atoms with Crippen LogP contribution in [-0.2, 0) is 29.2 Å². The lowest BCUT2D eigenvalue weighted by Crippen LogP contribution is -2.21. The number of anilines is 1. The first-order valence-electron chi connectivity index (χ1n) is 15.3. The van der Waals surface area contributed by atoms with Crippen molar-refractivity contribution in [3.05, 3.63) is 130 Å². The summed E-state index contributed by atoms with van der Waals surface area (Å²) in [6, 6.07) is 24.4. The highest BCUT2D eigenvalue weighted by Crippen LogP contribution is 2.32. The van der Waals surface area contributed by atoms with Crippen molar-refractivity contribution < 1.29 is 27.8 Å². The van der Waals surface area contributed by atoms with Crippen molar-refractivity contribution in [2.24, 2.45) is 0 Å². The first-order chi connectivity index (χ1) is 22.7. The lowest BCUT2D eigenvalue weighted by atomic mass is 9.96. The lowest BCUT2D eigenvalue weighted by Gasteiger charge is -2.22. The Labute approximate surface area is 271 Å². The van der Waals surface area contributed by atoms with E-state index in [0.717, 1.165) is 34.4 Å². The van der Waals surface area contributed by atoms with Gasteiger partial charge in [0, 0.05) is 36.1 Å². The number of fused-ring (bicyclic) bond motifs is 1. The second kappa shape index (κ2) is 14.8. The van der Waals surface area contributed by atoms with Gasteiger partial charge in [-0.2, -0.15) is 0 Å². The van der Waals surface area contributed by atoms with Crippen LogP contribution in [0.1, 0.15) is 37.0 Å². The average molecular weight is 640 g/mol. The van der Waals surface area contributed by atoms with Crippen molar-refractivity contribution in [1.29, 1.82) is 0 Å². The van der Waals surface area contributed by atoms with Gasteiger partial charge in [-0.05, 0) is 72.6 Å². The summed E-state index contributed by atoms with van der Waals surface area (Å²) in [6.07, 6.45) is 0.538. The van der Waals surface area contributed by atoms with Crippen LogP contribution in [0.3, 0.4) is 0 Å². The number of carbonyl (C=O) groups is 2. The number of pyridine rings is 1. The number of hydrogen-bond donors (Lipinski definition) is 1. The zero-order chi connectivity index (χ0) is 33.5.